The molecule has 17 heteroatoms. The van der Waals surface area contributed by atoms with Crippen molar-refractivity contribution in [1.82, 2.24) is 0 Å². The van der Waals surface area contributed by atoms with E-state index in [2.05, 4.69) is 0 Å². The molecule has 0 saturated carbocycles. The normalized spacial score (nSPS) is 14.1. The lowest BCUT2D eigenvalue weighted by molar-refractivity contribution is 0.146. The van der Waals surface area contributed by atoms with Gasteiger partial charge in [-0.2, -0.15) is 0 Å². The largest absolute Gasteiger partial charge is 0.369 e. The van der Waals surface area contributed by atoms with E-state index in [0.29, 0.717) is 26.2 Å². The summed E-state index contributed by atoms with van der Waals surface area (Å²) in [5, 5.41) is 5.37. The fraction of sp³-hybridized carbons (Fsp3) is 1.00. The van der Waals surface area contributed by atoms with Crippen LogP contribution in [0.2, 0.25) is 0 Å². The van der Waals surface area contributed by atoms with Gasteiger partial charge in [0, 0.05) is 12.3 Å². The molecule has 0 heterocycles. The Hall–Kier alpha value is 0.560. The molecule has 0 spiro atoms. The maximum atomic E-state index is 10.3. The first-order valence-corrected chi connectivity index (χ1v) is 13.0. The Bertz CT molecular complexity index is 513. The van der Waals surface area contributed by atoms with Crippen LogP contribution in [0.5, 0.6) is 0 Å². The van der Waals surface area contributed by atoms with Crippen molar-refractivity contribution < 1.29 is 62.5 Å². The summed E-state index contributed by atoms with van der Waals surface area (Å²) in [7, 11) is -18.3. The second-order valence-corrected chi connectivity index (χ2v) is 12.7. The van der Waals surface area contributed by atoms with Crippen molar-refractivity contribution in [2.45, 2.75) is 31.3 Å². The van der Waals surface area contributed by atoms with Gasteiger partial charge in [-0.1, -0.05) is 6.42 Å². The van der Waals surface area contributed by atoms with Gasteiger partial charge in [-0.05, 0) is 19.8 Å². The number of aliphatic hydroxyl groups is 1. The topological polar surface area (TPSA) is 250 Å². The van der Waals surface area contributed by atoms with Crippen molar-refractivity contribution in [3.8, 4) is 0 Å². The van der Waals surface area contributed by atoms with E-state index < -0.39 is 35.5 Å². The van der Waals surface area contributed by atoms with Crippen LogP contribution in [0.1, 0.15) is 26.2 Å². The SMILES string of the molecule is CC(O)(P(=O)(O)O)P(=O)(O)O.O=P(O)(O)CCCCCP(=O)(O)O. The Morgan fingerprint density at radius 1 is 0.625 bits per heavy atom. The molecule has 13 nitrogen and oxygen atoms in total. The highest BCUT2D eigenvalue weighted by Crippen LogP contribution is 2.66. The van der Waals surface area contributed by atoms with Crippen LogP contribution in [0.4, 0.5) is 0 Å². The summed E-state index contributed by atoms with van der Waals surface area (Å²) in [4.78, 5) is 66.7. The van der Waals surface area contributed by atoms with Crippen LogP contribution >= 0.6 is 30.4 Å². The van der Waals surface area contributed by atoms with Gasteiger partial charge >= 0.3 is 30.4 Å². The van der Waals surface area contributed by atoms with Crippen molar-refractivity contribution in [3.63, 3.8) is 0 Å². The zero-order valence-electron chi connectivity index (χ0n) is 12.5. The maximum Gasteiger partial charge on any atom is 0.369 e. The molecule has 9 N–H and O–H groups in total. The summed E-state index contributed by atoms with van der Waals surface area (Å²) in [6, 6.07) is 0. The van der Waals surface area contributed by atoms with Crippen LogP contribution in [0.3, 0.4) is 0 Å². The summed E-state index contributed by atoms with van der Waals surface area (Å²) in [6.07, 6.45) is 0.590. The van der Waals surface area contributed by atoms with Crippen LogP contribution < -0.4 is 0 Å². The molecule has 0 aliphatic carbocycles. The van der Waals surface area contributed by atoms with Crippen LogP contribution in [0, 0.1) is 0 Å². The molecule has 0 fully saturated rings. The number of hydrogen-bond donors (Lipinski definition) is 9. The van der Waals surface area contributed by atoms with E-state index in [4.69, 9.17) is 44.3 Å². The fourth-order valence-electron chi connectivity index (χ4n) is 0.982. The van der Waals surface area contributed by atoms with E-state index >= 15 is 0 Å². The summed E-state index contributed by atoms with van der Waals surface area (Å²) >= 11 is 0. The van der Waals surface area contributed by atoms with Gasteiger partial charge < -0.3 is 44.3 Å². The zero-order valence-corrected chi connectivity index (χ0v) is 16.1. The van der Waals surface area contributed by atoms with Gasteiger partial charge in [-0.3, -0.25) is 18.3 Å². The summed E-state index contributed by atoms with van der Waals surface area (Å²) in [5.74, 6) is 0. The Kier molecular flexibility index (Phi) is 10.6. The van der Waals surface area contributed by atoms with E-state index in [1.54, 1.807) is 0 Å². The van der Waals surface area contributed by atoms with Crippen LogP contribution in [0.15, 0.2) is 0 Å². The molecular weight excluding hydrogens is 416 g/mol. The van der Waals surface area contributed by atoms with Gasteiger partial charge in [0.1, 0.15) is 0 Å². The molecule has 148 valence electrons. The van der Waals surface area contributed by atoms with E-state index in [9.17, 15) is 18.3 Å². The summed E-state index contributed by atoms with van der Waals surface area (Å²) in [5.41, 5.74) is 0. The maximum absolute atomic E-state index is 10.3. The Balaban J connectivity index is 0. The lowest BCUT2D eigenvalue weighted by Gasteiger charge is -2.24. The van der Waals surface area contributed by atoms with Gasteiger partial charge in [-0.15, -0.1) is 0 Å². The lowest BCUT2D eigenvalue weighted by atomic mass is 10.3. The standard InChI is InChI=1S/C5H14O6P2.C2H8O7P2/c6-12(7,8)4-2-1-3-5-13(9,10)11;1-2(3,10(4,5)6)11(7,8)9/h1-5H2,(H2,6,7,8)(H2,9,10,11);3H,1H3,(H2,4,5,6)(H2,7,8,9). The monoisotopic (exact) mass is 438 g/mol. The molecule has 0 aromatic carbocycles. The van der Waals surface area contributed by atoms with Gasteiger partial charge in [0.2, 0.25) is 0 Å². The first-order chi connectivity index (χ1) is 10.2. The van der Waals surface area contributed by atoms with Crippen LogP contribution in [-0.4, -0.2) is 61.7 Å². The zero-order chi connectivity index (χ0) is 20.0. The van der Waals surface area contributed by atoms with Gasteiger partial charge in [0.05, 0.1) is 0 Å². The highest BCUT2D eigenvalue weighted by Gasteiger charge is 2.55. The van der Waals surface area contributed by atoms with E-state index in [-0.39, 0.29) is 12.3 Å². The third kappa shape index (κ3) is 12.9. The van der Waals surface area contributed by atoms with Crippen molar-refractivity contribution in [2.24, 2.45) is 0 Å². The minimum Gasteiger partial charge on any atom is -0.368 e. The predicted molar refractivity (Wildman–Crippen MR) is 82.4 cm³/mol. The van der Waals surface area contributed by atoms with Crippen LogP contribution in [-0.2, 0) is 18.3 Å². The molecule has 0 radical (unpaired) electrons. The van der Waals surface area contributed by atoms with Crippen molar-refractivity contribution in [1.29, 1.82) is 0 Å². The average molecular weight is 438 g/mol. The highest BCUT2D eigenvalue weighted by atomic mass is 31.2. The summed E-state index contributed by atoms with van der Waals surface area (Å²) < 4.78 is 41.2. The third-order valence-corrected chi connectivity index (χ3v) is 8.07. The molecule has 0 unspecified atom stereocenters. The second-order valence-electron chi connectivity index (χ2n) is 4.90. The Morgan fingerprint density at radius 2 is 0.875 bits per heavy atom. The molecule has 0 amide bonds. The summed E-state index contributed by atoms with van der Waals surface area (Å²) in [6.45, 7) is 0.383. The first kappa shape index (κ1) is 26.8. The lowest BCUT2D eigenvalue weighted by Crippen LogP contribution is -2.23. The third-order valence-electron chi connectivity index (χ3n) is 2.50. The van der Waals surface area contributed by atoms with Crippen molar-refractivity contribution >= 4 is 30.4 Å². The Morgan fingerprint density at radius 3 is 1.00 bits per heavy atom. The molecule has 0 rings (SSSR count). The number of hydrogen-bond acceptors (Lipinski definition) is 5. The molecule has 0 saturated heterocycles. The molecule has 0 aromatic rings. The average Bonchev–Trinajstić information content (AvgIpc) is 2.22. The first-order valence-electron chi connectivity index (χ1n) is 6.13. The van der Waals surface area contributed by atoms with Crippen molar-refractivity contribution in [3.05, 3.63) is 0 Å². The molecule has 0 aromatic heterocycles. The predicted octanol–water partition coefficient (Wildman–Crippen LogP) is -0.480. The molecule has 0 bridgehead atoms. The minimum absolute atomic E-state index is 0.214. The van der Waals surface area contributed by atoms with Gasteiger partial charge in [0.25, 0.3) is 5.08 Å². The molecule has 24 heavy (non-hydrogen) atoms. The molecule has 0 atom stereocenters. The Labute approximate surface area is 137 Å². The number of unbranched alkanes of at least 4 members (excludes halogenated alkanes) is 2. The molecule has 0 aliphatic rings. The van der Waals surface area contributed by atoms with E-state index in [1.807, 2.05) is 0 Å². The number of rotatable bonds is 8. The van der Waals surface area contributed by atoms with E-state index in [1.165, 1.54) is 0 Å². The second kappa shape index (κ2) is 9.48. The quantitative estimate of drug-likeness (QED) is 0.172. The fourth-order valence-corrected chi connectivity index (χ4v) is 3.61. The van der Waals surface area contributed by atoms with Crippen molar-refractivity contribution in [2.75, 3.05) is 12.3 Å². The highest BCUT2D eigenvalue weighted by molar-refractivity contribution is 7.71. The smallest absolute Gasteiger partial charge is 0.368 e. The molecule has 0 aliphatic heterocycles. The van der Waals surface area contributed by atoms with E-state index in [0.717, 1.165) is 0 Å². The molecular formula is C7H22O13P4. The van der Waals surface area contributed by atoms with Gasteiger partial charge in [-0.25, -0.2) is 0 Å². The van der Waals surface area contributed by atoms with Crippen LogP contribution in [0.25, 0.3) is 0 Å². The minimum atomic E-state index is -5.20. The van der Waals surface area contributed by atoms with Gasteiger partial charge in [0.15, 0.2) is 0 Å².